The first kappa shape index (κ1) is 15.2. The quantitative estimate of drug-likeness (QED) is 0.634. The Morgan fingerprint density at radius 3 is 2.76 bits per heavy atom. The number of pyridine rings is 1. The highest BCUT2D eigenvalue weighted by Gasteiger charge is 2.06. The molecule has 0 radical (unpaired) electrons. The van der Waals surface area contributed by atoms with Gasteiger partial charge in [0.1, 0.15) is 5.75 Å². The van der Waals surface area contributed by atoms with E-state index in [4.69, 9.17) is 10.5 Å². The fourth-order valence-corrected chi connectivity index (χ4v) is 2.53. The molecule has 2 aromatic rings. The van der Waals surface area contributed by atoms with Crippen LogP contribution in [0, 0.1) is 0 Å². The van der Waals surface area contributed by atoms with Crippen LogP contribution in [0.3, 0.4) is 0 Å². The summed E-state index contributed by atoms with van der Waals surface area (Å²) in [5.41, 5.74) is 6.95. The monoisotopic (exact) mass is 303 g/mol. The first-order chi connectivity index (χ1) is 10.2. The Balaban J connectivity index is 1.82. The summed E-state index contributed by atoms with van der Waals surface area (Å²) in [7, 11) is 1.57. The van der Waals surface area contributed by atoms with E-state index < -0.39 is 0 Å². The zero-order valence-electron chi connectivity index (χ0n) is 11.7. The summed E-state index contributed by atoms with van der Waals surface area (Å²) < 4.78 is 5.07. The third kappa shape index (κ3) is 4.68. The second kappa shape index (κ2) is 7.54. The van der Waals surface area contributed by atoms with Gasteiger partial charge in [-0.25, -0.2) is 0 Å². The summed E-state index contributed by atoms with van der Waals surface area (Å²) >= 11 is 1.62. The number of rotatable bonds is 6. The van der Waals surface area contributed by atoms with Crippen molar-refractivity contribution in [2.45, 2.75) is 11.3 Å². The molecule has 5 nitrogen and oxygen atoms in total. The Kier molecular flexibility index (Phi) is 5.45. The number of benzene rings is 1. The Hall–Kier alpha value is -2.21. The molecule has 110 valence electrons. The molecule has 1 amide bonds. The standard InChI is InChI=1S/C15H17N3O2S/c1-20-11-2-3-14(13(16)10-11)18-15(19)6-9-21-12-4-7-17-8-5-12/h2-5,7-8,10H,6,9,16H2,1H3,(H,18,19). The maximum absolute atomic E-state index is 11.9. The molecule has 0 unspecified atom stereocenters. The van der Waals surface area contributed by atoms with Crippen LogP contribution in [0.25, 0.3) is 0 Å². The molecule has 0 spiro atoms. The fourth-order valence-electron chi connectivity index (χ4n) is 1.69. The van der Waals surface area contributed by atoms with E-state index in [1.54, 1.807) is 49.5 Å². The van der Waals surface area contributed by atoms with Gasteiger partial charge in [0.25, 0.3) is 0 Å². The van der Waals surface area contributed by atoms with Crippen molar-refractivity contribution in [2.24, 2.45) is 0 Å². The topological polar surface area (TPSA) is 77.2 Å². The maximum Gasteiger partial charge on any atom is 0.225 e. The van der Waals surface area contributed by atoms with Crippen LogP contribution in [0.4, 0.5) is 11.4 Å². The Morgan fingerprint density at radius 2 is 2.10 bits per heavy atom. The van der Waals surface area contributed by atoms with E-state index in [0.717, 1.165) is 4.90 Å². The SMILES string of the molecule is COc1ccc(NC(=O)CCSc2ccncc2)c(N)c1. The number of hydrogen-bond acceptors (Lipinski definition) is 5. The molecule has 0 aliphatic heterocycles. The number of nitrogens with two attached hydrogens (primary N) is 1. The van der Waals surface area contributed by atoms with E-state index >= 15 is 0 Å². The van der Waals surface area contributed by atoms with Crippen LogP contribution in [0.1, 0.15) is 6.42 Å². The number of methoxy groups -OCH3 is 1. The van der Waals surface area contributed by atoms with E-state index in [1.807, 2.05) is 12.1 Å². The van der Waals surface area contributed by atoms with Gasteiger partial charge in [-0.1, -0.05) is 0 Å². The van der Waals surface area contributed by atoms with E-state index in [9.17, 15) is 4.79 Å². The number of amides is 1. The van der Waals surface area contributed by atoms with E-state index in [1.165, 1.54) is 0 Å². The number of nitrogens with zero attached hydrogens (tertiary/aromatic N) is 1. The number of nitrogens with one attached hydrogen (secondary N) is 1. The smallest absolute Gasteiger partial charge is 0.225 e. The summed E-state index contributed by atoms with van der Waals surface area (Å²) in [6, 6.07) is 9.02. The van der Waals surface area contributed by atoms with Crippen molar-refractivity contribution in [1.82, 2.24) is 4.98 Å². The van der Waals surface area contributed by atoms with Crippen molar-refractivity contribution in [3.05, 3.63) is 42.7 Å². The van der Waals surface area contributed by atoms with Crippen LogP contribution >= 0.6 is 11.8 Å². The minimum absolute atomic E-state index is 0.0616. The number of hydrogen-bond donors (Lipinski definition) is 2. The number of carbonyl (C=O) groups excluding carboxylic acids is 1. The van der Waals surface area contributed by atoms with Crippen molar-refractivity contribution in [2.75, 3.05) is 23.9 Å². The third-order valence-corrected chi connectivity index (χ3v) is 3.79. The van der Waals surface area contributed by atoms with Gasteiger partial charge in [-0.2, -0.15) is 0 Å². The second-order valence-corrected chi connectivity index (χ2v) is 5.45. The lowest BCUT2D eigenvalue weighted by atomic mass is 10.2. The second-order valence-electron chi connectivity index (χ2n) is 4.28. The van der Waals surface area contributed by atoms with E-state index in [0.29, 0.717) is 29.3 Å². The van der Waals surface area contributed by atoms with Gasteiger partial charge < -0.3 is 15.8 Å². The van der Waals surface area contributed by atoms with Gasteiger partial charge in [0.05, 0.1) is 18.5 Å². The van der Waals surface area contributed by atoms with Crippen LogP contribution in [0.5, 0.6) is 5.75 Å². The van der Waals surface area contributed by atoms with Gasteiger partial charge in [0.2, 0.25) is 5.91 Å². The predicted molar refractivity (Wildman–Crippen MR) is 85.6 cm³/mol. The van der Waals surface area contributed by atoms with Crippen molar-refractivity contribution in [3.8, 4) is 5.75 Å². The average molecular weight is 303 g/mol. The molecule has 21 heavy (non-hydrogen) atoms. The van der Waals surface area contributed by atoms with Gasteiger partial charge in [0, 0.05) is 35.5 Å². The molecule has 0 bridgehead atoms. The predicted octanol–water partition coefficient (Wildman–Crippen LogP) is 2.79. The molecule has 0 aliphatic rings. The largest absolute Gasteiger partial charge is 0.497 e. The molecule has 1 heterocycles. The van der Waals surface area contributed by atoms with Gasteiger partial charge in [-0.3, -0.25) is 9.78 Å². The minimum atomic E-state index is -0.0616. The number of nitrogen functional groups attached to an aromatic ring is 1. The first-order valence-corrected chi connectivity index (χ1v) is 7.44. The Morgan fingerprint density at radius 1 is 1.33 bits per heavy atom. The number of anilines is 2. The summed E-state index contributed by atoms with van der Waals surface area (Å²) in [6.07, 6.45) is 3.89. The lowest BCUT2D eigenvalue weighted by Gasteiger charge is -2.09. The van der Waals surface area contributed by atoms with Crippen molar-refractivity contribution < 1.29 is 9.53 Å². The average Bonchev–Trinajstić information content (AvgIpc) is 2.50. The molecular weight excluding hydrogens is 286 g/mol. The highest BCUT2D eigenvalue weighted by molar-refractivity contribution is 7.99. The normalized spacial score (nSPS) is 10.1. The highest BCUT2D eigenvalue weighted by atomic mass is 32.2. The summed E-state index contributed by atoms with van der Waals surface area (Å²) in [4.78, 5) is 16.9. The zero-order chi connectivity index (χ0) is 15.1. The third-order valence-electron chi connectivity index (χ3n) is 2.78. The molecular formula is C15H17N3O2S. The van der Waals surface area contributed by atoms with Crippen LogP contribution in [-0.4, -0.2) is 23.8 Å². The highest BCUT2D eigenvalue weighted by Crippen LogP contribution is 2.24. The van der Waals surface area contributed by atoms with Gasteiger partial charge >= 0.3 is 0 Å². The molecule has 2 rings (SSSR count). The van der Waals surface area contributed by atoms with Crippen molar-refractivity contribution >= 4 is 29.0 Å². The minimum Gasteiger partial charge on any atom is -0.497 e. The summed E-state index contributed by atoms with van der Waals surface area (Å²) in [5, 5.41) is 2.80. The van der Waals surface area contributed by atoms with E-state index in [2.05, 4.69) is 10.3 Å². The van der Waals surface area contributed by atoms with E-state index in [-0.39, 0.29) is 5.91 Å². The molecule has 1 aromatic carbocycles. The lowest BCUT2D eigenvalue weighted by molar-refractivity contribution is -0.115. The first-order valence-electron chi connectivity index (χ1n) is 6.45. The number of ether oxygens (including phenoxy) is 1. The molecule has 6 heteroatoms. The van der Waals surface area contributed by atoms with Gasteiger partial charge in [0.15, 0.2) is 0 Å². The molecule has 1 aromatic heterocycles. The lowest BCUT2D eigenvalue weighted by Crippen LogP contribution is -2.13. The van der Waals surface area contributed by atoms with Crippen molar-refractivity contribution in [3.63, 3.8) is 0 Å². The van der Waals surface area contributed by atoms with Gasteiger partial charge in [-0.05, 0) is 24.3 Å². The molecule has 0 saturated heterocycles. The maximum atomic E-state index is 11.9. The van der Waals surface area contributed by atoms with Crippen LogP contribution in [0.15, 0.2) is 47.6 Å². The molecule has 0 fully saturated rings. The Bertz CT molecular complexity index is 605. The number of carbonyl (C=O) groups is 1. The Labute approximate surface area is 127 Å². The zero-order valence-corrected chi connectivity index (χ0v) is 12.5. The molecule has 0 saturated carbocycles. The fraction of sp³-hybridized carbons (Fsp3) is 0.200. The molecule has 0 atom stereocenters. The molecule has 3 N–H and O–H groups in total. The summed E-state index contributed by atoms with van der Waals surface area (Å²) in [5.74, 6) is 1.30. The molecule has 0 aliphatic carbocycles. The summed E-state index contributed by atoms with van der Waals surface area (Å²) in [6.45, 7) is 0. The number of aromatic nitrogens is 1. The van der Waals surface area contributed by atoms with Crippen LogP contribution in [-0.2, 0) is 4.79 Å². The number of thioether (sulfide) groups is 1. The van der Waals surface area contributed by atoms with Crippen LogP contribution < -0.4 is 15.8 Å². The van der Waals surface area contributed by atoms with Gasteiger partial charge in [-0.15, -0.1) is 11.8 Å². The van der Waals surface area contributed by atoms with Crippen LogP contribution in [0.2, 0.25) is 0 Å². The van der Waals surface area contributed by atoms with Crippen molar-refractivity contribution in [1.29, 1.82) is 0 Å².